The molecule has 0 bridgehead atoms. The van der Waals surface area contributed by atoms with Gasteiger partial charge in [-0.2, -0.15) is 5.10 Å². The van der Waals surface area contributed by atoms with Gasteiger partial charge in [0.1, 0.15) is 6.17 Å². The Labute approximate surface area is 65.5 Å². The number of likely N-dealkylation sites (N-methyl/N-ethyl adjacent to an activating group) is 1. The molecule has 0 aromatic carbocycles. The van der Waals surface area contributed by atoms with Gasteiger partial charge in [-0.25, -0.2) is 5.43 Å². The van der Waals surface area contributed by atoms with Crippen LogP contribution < -0.4 is 16.6 Å². The van der Waals surface area contributed by atoms with Crippen molar-refractivity contribution in [1.82, 2.24) is 20.5 Å². The van der Waals surface area contributed by atoms with E-state index in [4.69, 9.17) is 5.84 Å². The number of aromatic nitrogens is 2. The SMILES string of the molecule is CNCC(NN)n1cccn1. The third-order valence-corrected chi connectivity index (χ3v) is 1.43. The fraction of sp³-hybridized carbons (Fsp3) is 0.500. The molecule has 1 aromatic heterocycles. The Morgan fingerprint density at radius 3 is 3.00 bits per heavy atom. The van der Waals surface area contributed by atoms with Crippen molar-refractivity contribution in [3.05, 3.63) is 18.5 Å². The lowest BCUT2D eigenvalue weighted by molar-refractivity contribution is 0.366. The molecule has 5 nitrogen and oxygen atoms in total. The number of hydrogen-bond donors (Lipinski definition) is 3. The second-order valence-corrected chi connectivity index (χ2v) is 2.23. The van der Waals surface area contributed by atoms with Crippen LogP contribution in [0.15, 0.2) is 18.5 Å². The van der Waals surface area contributed by atoms with Gasteiger partial charge in [-0.3, -0.25) is 10.5 Å². The quantitative estimate of drug-likeness (QED) is 0.388. The smallest absolute Gasteiger partial charge is 0.126 e. The first kappa shape index (κ1) is 8.19. The van der Waals surface area contributed by atoms with Gasteiger partial charge in [0.2, 0.25) is 0 Å². The molecule has 5 heteroatoms. The third kappa shape index (κ3) is 2.01. The van der Waals surface area contributed by atoms with E-state index in [1.807, 2.05) is 19.3 Å². The molecule has 0 aliphatic heterocycles. The normalized spacial score (nSPS) is 13.3. The van der Waals surface area contributed by atoms with Crippen molar-refractivity contribution in [3.8, 4) is 0 Å². The fourth-order valence-corrected chi connectivity index (χ4v) is 0.887. The number of hydrazine groups is 1. The van der Waals surface area contributed by atoms with Gasteiger partial charge >= 0.3 is 0 Å². The van der Waals surface area contributed by atoms with Gasteiger partial charge < -0.3 is 5.32 Å². The predicted molar refractivity (Wildman–Crippen MR) is 42.5 cm³/mol. The first-order valence-corrected chi connectivity index (χ1v) is 3.48. The summed E-state index contributed by atoms with van der Waals surface area (Å²) in [4.78, 5) is 0. The lowest BCUT2D eigenvalue weighted by Crippen LogP contribution is -2.38. The largest absolute Gasteiger partial charge is 0.316 e. The van der Waals surface area contributed by atoms with Crippen LogP contribution in [0, 0.1) is 0 Å². The molecular formula is C6H13N5. The van der Waals surface area contributed by atoms with Crippen molar-refractivity contribution in [1.29, 1.82) is 0 Å². The van der Waals surface area contributed by atoms with Crippen molar-refractivity contribution in [2.24, 2.45) is 5.84 Å². The topological polar surface area (TPSA) is 67.9 Å². The molecule has 0 spiro atoms. The zero-order valence-electron chi connectivity index (χ0n) is 6.49. The number of nitrogens with two attached hydrogens (primary N) is 1. The maximum atomic E-state index is 5.30. The van der Waals surface area contributed by atoms with Crippen LogP contribution in [-0.2, 0) is 0 Å². The minimum atomic E-state index is 0.0231. The lowest BCUT2D eigenvalue weighted by atomic mass is 10.5. The van der Waals surface area contributed by atoms with Crippen molar-refractivity contribution in [3.63, 3.8) is 0 Å². The third-order valence-electron chi connectivity index (χ3n) is 1.43. The summed E-state index contributed by atoms with van der Waals surface area (Å²) >= 11 is 0. The minimum Gasteiger partial charge on any atom is -0.316 e. The highest BCUT2D eigenvalue weighted by Gasteiger charge is 2.05. The maximum absolute atomic E-state index is 5.30. The van der Waals surface area contributed by atoms with Crippen LogP contribution in [0.1, 0.15) is 6.17 Å². The van der Waals surface area contributed by atoms with Gasteiger partial charge in [0.05, 0.1) is 0 Å². The Bertz CT molecular complexity index is 183. The second-order valence-electron chi connectivity index (χ2n) is 2.23. The highest BCUT2D eigenvalue weighted by molar-refractivity contribution is 4.80. The molecule has 1 rings (SSSR count). The van der Waals surface area contributed by atoms with Gasteiger partial charge in [0, 0.05) is 18.9 Å². The molecule has 0 fully saturated rings. The monoisotopic (exact) mass is 155 g/mol. The standard InChI is InChI=1S/C6H13N5/c1-8-5-6(10-7)11-4-2-3-9-11/h2-4,6,8,10H,5,7H2,1H3. The molecule has 1 aromatic rings. The molecule has 1 atom stereocenters. The van der Waals surface area contributed by atoms with Gasteiger partial charge in [0.25, 0.3) is 0 Å². The van der Waals surface area contributed by atoms with Crippen LogP contribution in [0.2, 0.25) is 0 Å². The van der Waals surface area contributed by atoms with Crippen molar-refractivity contribution >= 4 is 0 Å². The summed E-state index contributed by atoms with van der Waals surface area (Å²) in [5.41, 5.74) is 2.64. The van der Waals surface area contributed by atoms with Crippen molar-refractivity contribution < 1.29 is 0 Å². The molecular weight excluding hydrogens is 142 g/mol. The highest BCUT2D eigenvalue weighted by Crippen LogP contribution is 1.95. The lowest BCUT2D eigenvalue weighted by Gasteiger charge is -2.15. The van der Waals surface area contributed by atoms with Crippen LogP contribution in [0.5, 0.6) is 0 Å². The molecule has 11 heavy (non-hydrogen) atoms. The van der Waals surface area contributed by atoms with E-state index in [-0.39, 0.29) is 6.17 Å². The zero-order valence-corrected chi connectivity index (χ0v) is 6.49. The second kappa shape index (κ2) is 4.07. The first-order chi connectivity index (χ1) is 5.38. The maximum Gasteiger partial charge on any atom is 0.126 e. The van der Waals surface area contributed by atoms with Crippen molar-refractivity contribution in [2.75, 3.05) is 13.6 Å². The van der Waals surface area contributed by atoms with E-state index >= 15 is 0 Å². The molecule has 0 aliphatic rings. The van der Waals surface area contributed by atoms with Crippen LogP contribution >= 0.6 is 0 Å². The van der Waals surface area contributed by atoms with Gasteiger partial charge in [0.15, 0.2) is 0 Å². The zero-order chi connectivity index (χ0) is 8.10. The van der Waals surface area contributed by atoms with Gasteiger partial charge in [-0.05, 0) is 13.1 Å². The van der Waals surface area contributed by atoms with E-state index in [2.05, 4.69) is 15.8 Å². The summed E-state index contributed by atoms with van der Waals surface area (Å²) < 4.78 is 1.76. The number of hydrogen-bond acceptors (Lipinski definition) is 4. The molecule has 1 unspecified atom stereocenters. The van der Waals surface area contributed by atoms with E-state index in [0.29, 0.717) is 0 Å². The summed E-state index contributed by atoms with van der Waals surface area (Å²) in [5.74, 6) is 5.30. The molecule has 0 saturated heterocycles. The summed E-state index contributed by atoms with van der Waals surface area (Å²) in [7, 11) is 1.87. The Balaban J connectivity index is 2.56. The molecule has 0 saturated carbocycles. The van der Waals surface area contributed by atoms with E-state index in [1.165, 1.54) is 0 Å². The Hall–Kier alpha value is -0.910. The predicted octanol–water partition coefficient (Wildman–Crippen LogP) is -0.936. The molecule has 0 aliphatic carbocycles. The van der Waals surface area contributed by atoms with E-state index < -0.39 is 0 Å². The van der Waals surface area contributed by atoms with Gasteiger partial charge in [-0.1, -0.05) is 0 Å². The van der Waals surface area contributed by atoms with Crippen LogP contribution in [0.3, 0.4) is 0 Å². The summed E-state index contributed by atoms with van der Waals surface area (Å²) in [6, 6.07) is 1.86. The molecule has 0 amide bonds. The van der Waals surface area contributed by atoms with Crippen LogP contribution in [0.4, 0.5) is 0 Å². The van der Waals surface area contributed by atoms with Crippen LogP contribution in [0.25, 0.3) is 0 Å². The van der Waals surface area contributed by atoms with E-state index in [9.17, 15) is 0 Å². The Kier molecular flexibility index (Phi) is 3.03. The summed E-state index contributed by atoms with van der Waals surface area (Å²) in [6.45, 7) is 0.748. The van der Waals surface area contributed by atoms with E-state index in [1.54, 1.807) is 10.9 Å². The Morgan fingerprint density at radius 2 is 2.55 bits per heavy atom. The number of nitrogens with zero attached hydrogens (tertiary/aromatic N) is 2. The highest BCUT2D eigenvalue weighted by atomic mass is 15.4. The average Bonchev–Trinajstić information content (AvgIpc) is 2.52. The van der Waals surface area contributed by atoms with Crippen LogP contribution in [-0.4, -0.2) is 23.4 Å². The first-order valence-electron chi connectivity index (χ1n) is 3.48. The summed E-state index contributed by atoms with van der Waals surface area (Å²) in [6.07, 6.45) is 3.61. The Morgan fingerprint density at radius 1 is 1.73 bits per heavy atom. The average molecular weight is 155 g/mol. The van der Waals surface area contributed by atoms with Gasteiger partial charge in [-0.15, -0.1) is 0 Å². The molecule has 4 N–H and O–H groups in total. The molecule has 62 valence electrons. The van der Waals surface area contributed by atoms with Crippen molar-refractivity contribution in [2.45, 2.75) is 6.17 Å². The minimum absolute atomic E-state index is 0.0231. The number of rotatable bonds is 4. The molecule has 1 heterocycles. The molecule has 0 radical (unpaired) electrons. The number of nitrogens with one attached hydrogen (secondary N) is 2. The summed E-state index contributed by atoms with van der Waals surface area (Å²) in [5, 5.41) is 7.04. The fourth-order valence-electron chi connectivity index (χ4n) is 0.887. The van der Waals surface area contributed by atoms with E-state index in [0.717, 1.165) is 6.54 Å².